The molecule has 0 radical (unpaired) electrons. The van der Waals surface area contributed by atoms with Gasteiger partial charge < -0.3 is 9.73 Å². The van der Waals surface area contributed by atoms with E-state index >= 15 is 0 Å². The number of pyridine rings is 1. The zero-order valence-corrected chi connectivity index (χ0v) is 17.2. The molecule has 1 N–H and O–H groups in total. The number of fused-ring (bicyclic) bond motifs is 2. The number of nitrogens with one attached hydrogen (secondary N) is 1. The second-order valence-electron chi connectivity index (χ2n) is 7.70. The van der Waals surface area contributed by atoms with Crippen LogP contribution in [0.2, 0.25) is 0 Å². The van der Waals surface area contributed by atoms with Crippen molar-refractivity contribution in [3.63, 3.8) is 0 Å². The van der Waals surface area contributed by atoms with Gasteiger partial charge in [-0.05, 0) is 53.9 Å². The summed E-state index contributed by atoms with van der Waals surface area (Å²) in [6.45, 7) is 2.35. The number of alkyl halides is 3. The minimum Gasteiger partial charge on any atom is -0.459 e. The van der Waals surface area contributed by atoms with Crippen LogP contribution in [-0.2, 0) is 12.7 Å². The minimum atomic E-state index is -4.46. The van der Waals surface area contributed by atoms with Gasteiger partial charge in [0.2, 0.25) is 0 Å². The first-order valence-corrected chi connectivity index (χ1v) is 10.2. The van der Waals surface area contributed by atoms with E-state index < -0.39 is 11.7 Å². The Morgan fingerprint density at radius 1 is 0.938 bits per heavy atom. The molecule has 32 heavy (non-hydrogen) atoms. The van der Waals surface area contributed by atoms with E-state index in [9.17, 15) is 13.2 Å². The number of halogens is 3. The first-order valence-electron chi connectivity index (χ1n) is 10.2. The maximum absolute atomic E-state index is 13.5. The highest BCUT2D eigenvalue weighted by Crippen LogP contribution is 2.38. The Balaban J connectivity index is 1.50. The predicted octanol–water partition coefficient (Wildman–Crippen LogP) is 7.59. The fraction of sp³-hybridized carbons (Fsp3) is 0.115. The van der Waals surface area contributed by atoms with Crippen LogP contribution >= 0.6 is 0 Å². The summed E-state index contributed by atoms with van der Waals surface area (Å²) >= 11 is 0. The molecule has 0 bridgehead atoms. The Bertz CT molecular complexity index is 1400. The lowest BCUT2D eigenvalue weighted by Gasteiger charge is -2.15. The van der Waals surface area contributed by atoms with Gasteiger partial charge in [0.1, 0.15) is 11.3 Å². The van der Waals surface area contributed by atoms with Gasteiger partial charge in [0, 0.05) is 22.7 Å². The van der Waals surface area contributed by atoms with Crippen LogP contribution in [0, 0.1) is 6.92 Å². The summed E-state index contributed by atoms with van der Waals surface area (Å²) in [5, 5.41) is 4.87. The smallest absolute Gasteiger partial charge is 0.418 e. The van der Waals surface area contributed by atoms with Crippen molar-refractivity contribution in [3.05, 3.63) is 95.9 Å². The predicted molar refractivity (Wildman–Crippen MR) is 120 cm³/mol. The Labute approximate surface area is 182 Å². The third-order valence-corrected chi connectivity index (χ3v) is 5.49. The van der Waals surface area contributed by atoms with Crippen LogP contribution < -0.4 is 5.32 Å². The van der Waals surface area contributed by atoms with E-state index in [1.54, 1.807) is 6.07 Å². The minimum absolute atomic E-state index is 0.0405. The lowest BCUT2D eigenvalue weighted by atomic mass is 9.95. The summed E-state index contributed by atoms with van der Waals surface area (Å²) in [6.07, 6.45) is -2.96. The molecule has 0 atom stereocenters. The number of hydrogen-bond donors (Lipinski definition) is 1. The molecule has 0 aliphatic heterocycles. The van der Waals surface area contributed by atoms with Gasteiger partial charge in [0.15, 0.2) is 0 Å². The van der Waals surface area contributed by atoms with Crippen molar-refractivity contribution in [2.75, 3.05) is 5.32 Å². The fourth-order valence-electron chi connectivity index (χ4n) is 4.03. The molecule has 3 aromatic carbocycles. The molecule has 6 heteroatoms. The van der Waals surface area contributed by atoms with Gasteiger partial charge in [-0.3, -0.25) is 4.98 Å². The lowest BCUT2D eigenvalue weighted by Crippen LogP contribution is -2.07. The molecule has 3 nitrogen and oxygen atoms in total. The third-order valence-electron chi connectivity index (χ3n) is 5.49. The Kier molecular flexibility index (Phi) is 4.85. The van der Waals surface area contributed by atoms with Crippen molar-refractivity contribution in [2.45, 2.75) is 19.6 Å². The molecule has 160 valence electrons. The summed E-state index contributed by atoms with van der Waals surface area (Å²) in [7, 11) is 0. The van der Waals surface area contributed by atoms with E-state index in [0.717, 1.165) is 45.2 Å². The van der Waals surface area contributed by atoms with Gasteiger partial charge in [-0.15, -0.1) is 0 Å². The number of aryl methyl sites for hydroxylation is 1. The van der Waals surface area contributed by atoms with E-state index in [2.05, 4.69) is 10.3 Å². The number of nitrogens with zero attached hydrogens (tertiary/aromatic N) is 1. The molecule has 5 aromatic rings. The van der Waals surface area contributed by atoms with Crippen LogP contribution in [0.1, 0.15) is 16.9 Å². The van der Waals surface area contributed by atoms with Gasteiger partial charge in [-0.25, -0.2) is 0 Å². The third kappa shape index (κ3) is 3.68. The fourth-order valence-corrected chi connectivity index (χ4v) is 4.03. The van der Waals surface area contributed by atoms with E-state index in [0.29, 0.717) is 11.9 Å². The zero-order chi connectivity index (χ0) is 22.3. The normalized spacial score (nSPS) is 11.9. The average molecular weight is 432 g/mol. The van der Waals surface area contributed by atoms with Crippen molar-refractivity contribution >= 4 is 27.6 Å². The lowest BCUT2D eigenvalue weighted by molar-refractivity contribution is -0.136. The van der Waals surface area contributed by atoms with E-state index in [1.807, 2.05) is 61.5 Å². The van der Waals surface area contributed by atoms with Crippen LogP contribution in [-0.4, -0.2) is 4.98 Å². The number of hydrogen-bond acceptors (Lipinski definition) is 3. The van der Waals surface area contributed by atoms with Gasteiger partial charge in [0.05, 0.1) is 17.6 Å². The molecule has 0 spiro atoms. The van der Waals surface area contributed by atoms with Crippen LogP contribution in [0.25, 0.3) is 33.0 Å². The summed E-state index contributed by atoms with van der Waals surface area (Å²) in [4.78, 5) is 4.10. The Hall–Kier alpha value is -3.80. The van der Waals surface area contributed by atoms with Crippen molar-refractivity contribution in [3.8, 4) is 11.1 Å². The van der Waals surface area contributed by atoms with Gasteiger partial charge in [0.25, 0.3) is 0 Å². The van der Waals surface area contributed by atoms with Crippen molar-refractivity contribution < 1.29 is 17.6 Å². The van der Waals surface area contributed by atoms with Crippen LogP contribution in [0.3, 0.4) is 0 Å². The number of anilines is 1. The van der Waals surface area contributed by atoms with Crippen LogP contribution in [0.15, 0.2) is 83.4 Å². The van der Waals surface area contributed by atoms with E-state index in [1.165, 1.54) is 12.3 Å². The molecule has 2 heterocycles. The van der Waals surface area contributed by atoms with Gasteiger partial charge >= 0.3 is 6.18 Å². The average Bonchev–Trinajstić information content (AvgIpc) is 3.20. The molecular weight excluding hydrogens is 413 g/mol. The second kappa shape index (κ2) is 7.71. The second-order valence-corrected chi connectivity index (χ2v) is 7.70. The number of furan rings is 1. The Morgan fingerprint density at radius 2 is 1.75 bits per heavy atom. The molecular formula is C26H19F3N2O. The van der Waals surface area contributed by atoms with Crippen molar-refractivity contribution in [1.82, 2.24) is 4.98 Å². The Morgan fingerprint density at radius 3 is 2.56 bits per heavy atom. The monoisotopic (exact) mass is 432 g/mol. The zero-order valence-electron chi connectivity index (χ0n) is 17.2. The summed E-state index contributed by atoms with van der Waals surface area (Å²) in [5.41, 5.74) is 3.29. The highest BCUT2D eigenvalue weighted by Gasteiger charge is 2.33. The molecule has 0 saturated carbocycles. The molecule has 0 aliphatic rings. The van der Waals surface area contributed by atoms with Gasteiger partial charge in [-0.1, -0.05) is 42.5 Å². The first kappa shape index (κ1) is 20.1. The molecule has 0 aliphatic carbocycles. The maximum atomic E-state index is 13.5. The van der Waals surface area contributed by atoms with E-state index in [4.69, 9.17) is 4.42 Å². The van der Waals surface area contributed by atoms with Crippen molar-refractivity contribution in [1.29, 1.82) is 0 Å². The highest BCUT2D eigenvalue weighted by molar-refractivity contribution is 5.98. The highest BCUT2D eigenvalue weighted by atomic mass is 19.4. The molecule has 0 unspecified atom stereocenters. The maximum Gasteiger partial charge on any atom is 0.418 e. The first-order chi connectivity index (χ1) is 15.4. The largest absolute Gasteiger partial charge is 0.459 e. The molecule has 0 fully saturated rings. The molecule has 0 saturated heterocycles. The number of benzene rings is 3. The molecule has 2 aromatic heterocycles. The summed E-state index contributed by atoms with van der Waals surface area (Å²) < 4.78 is 46.3. The standard InChI is InChI=1S/C26H19F3N2O/c1-16-14-31-25-21(9-5-10-22(25)26(27,28)29)24(16)18-7-4-8-19(12-18)30-15-20-13-17-6-2-3-11-23(17)32-20/h2-14,30H,15H2,1H3. The molecule has 5 rings (SSSR count). The van der Waals surface area contributed by atoms with E-state index in [-0.39, 0.29) is 5.52 Å². The number of para-hydroxylation sites is 2. The number of rotatable bonds is 4. The van der Waals surface area contributed by atoms with Crippen LogP contribution in [0.4, 0.5) is 18.9 Å². The number of aromatic nitrogens is 1. The van der Waals surface area contributed by atoms with Gasteiger partial charge in [-0.2, -0.15) is 13.2 Å². The molecule has 0 amide bonds. The summed E-state index contributed by atoms with van der Waals surface area (Å²) in [6, 6.07) is 21.6. The van der Waals surface area contributed by atoms with Crippen LogP contribution in [0.5, 0.6) is 0 Å². The quantitative estimate of drug-likeness (QED) is 0.318. The SMILES string of the molecule is Cc1cnc2c(C(F)(F)F)cccc2c1-c1cccc(NCc2cc3ccccc3o2)c1. The topological polar surface area (TPSA) is 38.1 Å². The summed E-state index contributed by atoms with van der Waals surface area (Å²) in [5.74, 6) is 0.803. The van der Waals surface area contributed by atoms with Crippen molar-refractivity contribution in [2.24, 2.45) is 0 Å².